The Hall–Kier alpha value is -2.35. The van der Waals surface area contributed by atoms with Crippen molar-refractivity contribution in [3.8, 4) is 17.1 Å². The molecule has 0 radical (unpaired) electrons. The fraction of sp³-hybridized carbons (Fsp3) is 0.423. The van der Waals surface area contributed by atoms with Gasteiger partial charge in [0.2, 0.25) is 5.91 Å². The van der Waals surface area contributed by atoms with Gasteiger partial charge in [-0.25, -0.2) is 0 Å². The second-order valence-corrected chi connectivity index (χ2v) is 10.3. The average Bonchev–Trinajstić information content (AvgIpc) is 3.27. The van der Waals surface area contributed by atoms with Gasteiger partial charge in [-0.15, -0.1) is 10.2 Å². The molecule has 0 saturated carbocycles. The zero-order valence-corrected chi connectivity index (χ0v) is 21.6. The zero-order chi connectivity index (χ0) is 24.1. The smallest absolute Gasteiger partial charge is 0.230 e. The summed E-state index contributed by atoms with van der Waals surface area (Å²) >= 11 is 7.54. The fourth-order valence-electron chi connectivity index (χ4n) is 4.34. The summed E-state index contributed by atoms with van der Waals surface area (Å²) < 4.78 is 2.07. The number of rotatable bonds is 8. The van der Waals surface area contributed by atoms with Crippen LogP contribution >= 0.6 is 23.4 Å². The molecule has 0 aliphatic carbocycles. The number of nitrogens with zero attached hydrogens (tertiary/aromatic N) is 4. The van der Waals surface area contributed by atoms with E-state index in [1.807, 2.05) is 30.3 Å². The van der Waals surface area contributed by atoms with Crippen LogP contribution in [0.5, 0.6) is 0 Å². The van der Waals surface area contributed by atoms with Gasteiger partial charge < -0.3 is 10.2 Å². The maximum Gasteiger partial charge on any atom is 0.230 e. The highest BCUT2D eigenvalue weighted by molar-refractivity contribution is 7.99. The first-order valence-electron chi connectivity index (χ1n) is 11.9. The van der Waals surface area contributed by atoms with Gasteiger partial charge in [-0.3, -0.25) is 9.36 Å². The summed E-state index contributed by atoms with van der Waals surface area (Å²) in [5.41, 5.74) is 3.16. The summed E-state index contributed by atoms with van der Waals surface area (Å²) in [6.45, 7) is 9.69. The predicted molar refractivity (Wildman–Crippen MR) is 140 cm³/mol. The van der Waals surface area contributed by atoms with E-state index in [1.165, 1.54) is 17.3 Å². The SMILES string of the molecule is CCN1CCC(NC(=O)CSc2nnc(-c3ccc(Cl)cc3)n2-c2ccccc2C(C)C)CC1. The van der Waals surface area contributed by atoms with Crippen molar-refractivity contribution in [3.63, 3.8) is 0 Å². The number of halogens is 1. The molecule has 1 N–H and O–H groups in total. The molecule has 1 fully saturated rings. The highest BCUT2D eigenvalue weighted by Gasteiger charge is 2.22. The minimum Gasteiger partial charge on any atom is -0.353 e. The van der Waals surface area contributed by atoms with Crippen molar-refractivity contribution in [1.29, 1.82) is 0 Å². The van der Waals surface area contributed by atoms with E-state index in [2.05, 4.69) is 64.0 Å². The van der Waals surface area contributed by atoms with E-state index in [4.69, 9.17) is 11.6 Å². The Bertz CT molecular complexity index is 1110. The third-order valence-corrected chi connectivity index (χ3v) is 7.45. The molecule has 2 heterocycles. The molecule has 0 atom stereocenters. The minimum absolute atomic E-state index is 0.0414. The van der Waals surface area contributed by atoms with Gasteiger partial charge in [-0.05, 0) is 61.2 Å². The summed E-state index contributed by atoms with van der Waals surface area (Å²) in [7, 11) is 0. The molecule has 3 aromatic rings. The molecule has 0 unspecified atom stereocenters. The molecular weight excluding hydrogens is 466 g/mol. The van der Waals surface area contributed by atoms with Gasteiger partial charge in [-0.2, -0.15) is 0 Å². The van der Waals surface area contributed by atoms with Crippen LogP contribution in [0.3, 0.4) is 0 Å². The third kappa shape index (κ3) is 5.82. The van der Waals surface area contributed by atoms with Gasteiger partial charge in [0.05, 0.1) is 11.4 Å². The molecule has 6 nitrogen and oxygen atoms in total. The Morgan fingerprint density at radius 2 is 1.82 bits per heavy atom. The van der Waals surface area contributed by atoms with E-state index in [-0.39, 0.29) is 11.9 Å². The standard InChI is InChI=1S/C26H32ClN5OS/c1-4-31-15-13-21(14-16-31)28-24(33)17-34-26-30-29-25(19-9-11-20(27)12-10-19)32(26)23-8-6-5-7-22(23)18(2)3/h5-12,18,21H,4,13-17H2,1-3H3,(H,28,33). The first-order valence-corrected chi connectivity index (χ1v) is 13.3. The highest BCUT2D eigenvalue weighted by Crippen LogP contribution is 2.32. The van der Waals surface area contributed by atoms with Crippen molar-refractivity contribution in [3.05, 3.63) is 59.1 Å². The van der Waals surface area contributed by atoms with E-state index >= 15 is 0 Å². The average molecular weight is 498 g/mol. The molecule has 1 saturated heterocycles. The van der Waals surface area contributed by atoms with E-state index in [9.17, 15) is 4.79 Å². The van der Waals surface area contributed by atoms with Crippen LogP contribution in [-0.2, 0) is 4.79 Å². The molecule has 1 amide bonds. The van der Waals surface area contributed by atoms with Crippen molar-refractivity contribution >= 4 is 29.3 Å². The number of aromatic nitrogens is 3. The lowest BCUT2D eigenvalue weighted by atomic mass is 10.0. The van der Waals surface area contributed by atoms with Crippen LogP contribution in [0.4, 0.5) is 0 Å². The summed E-state index contributed by atoms with van der Waals surface area (Å²) in [6, 6.07) is 16.2. The first kappa shape index (κ1) is 24.8. The summed E-state index contributed by atoms with van der Waals surface area (Å²) in [5, 5.41) is 13.6. The monoisotopic (exact) mass is 497 g/mol. The number of nitrogens with one attached hydrogen (secondary N) is 1. The summed E-state index contributed by atoms with van der Waals surface area (Å²) in [4.78, 5) is 15.2. The molecule has 34 heavy (non-hydrogen) atoms. The Labute approximate surface area is 211 Å². The second-order valence-electron chi connectivity index (χ2n) is 8.93. The fourth-order valence-corrected chi connectivity index (χ4v) is 5.22. The van der Waals surface area contributed by atoms with Crippen molar-refractivity contribution < 1.29 is 4.79 Å². The van der Waals surface area contributed by atoms with E-state index in [0.717, 1.165) is 49.6 Å². The number of carbonyl (C=O) groups excluding carboxylic acids is 1. The van der Waals surface area contributed by atoms with Gasteiger partial charge in [0, 0.05) is 29.7 Å². The van der Waals surface area contributed by atoms with Gasteiger partial charge in [0.1, 0.15) is 0 Å². The van der Waals surface area contributed by atoms with Crippen LogP contribution in [0, 0.1) is 0 Å². The first-order chi connectivity index (χ1) is 16.5. The van der Waals surface area contributed by atoms with Gasteiger partial charge in [-0.1, -0.05) is 62.3 Å². The van der Waals surface area contributed by atoms with E-state index in [0.29, 0.717) is 21.8 Å². The number of piperidine rings is 1. The van der Waals surface area contributed by atoms with E-state index < -0.39 is 0 Å². The second kappa shape index (κ2) is 11.4. The van der Waals surface area contributed by atoms with Gasteiger partial charge in [0.15, 0.2) is 11.0 Å². The molecule has 4 rings (SSSR count). The lowest BCUT2D eigenvalue weighted by Gasteiger charge is -2.31. The lowest BCUT2D eigenvalue weighted by molar-refractivity contribution is -0.119. The predicted octanol–water partition coefficient (Wildman–Crippen LogP) is 5.40. The molecule has 180 valence electrons. The number of hydrogen-bond acceptors (Lipinski definition) is 5. The molecule has 1 aliphatic heterocycles. The number of para-hydroxylation sites is 1. The van der Waals surface area contributed by atoms with Crippen molar-refractivity contribution in [1.82, 2.24) is 25.0 Å². The molecule has 8 heteroatoms. The molecule has 1 aliphatic rings. The van der Waals surface area contributed by atoms with Crippen LogP contribution in [0.25, 0.3) is 17.1 Å². The van der Waals surface area contributed by atoms with Gasteiger partial charge in [0.25, 0.3) is 0 Å². The lowest BCUT2D eigenvalue weighted by Crippen LogP contribution is -2.45. The Morgan fingerprint density at radius 3 is 2.50 bits per heavy atom. The number of hydrogen-bond donors (Lipinski definition) is 1. The van der Waals surface area contributed by atoms with Crippen molar-refractivity contribution in [2.24, 2.45) is 0 Å². The van der Waals surface area contributed by atoms with Crippen LogP contribution in [-0.4, -0.2) is 57.0 Å². The minimum atomic E-state index is 0.0414. The molecule has 0 bridgehead atoms. The van der Waals surface area contributed by atoms with Crippen LogP contribution < -0.4 is 5.32 Å². The number of likely N-dealkylation sites (tertiary alicyclic amines) is 1. The number of thioether (sulfide) groups is 1. The molecule has 0 spiro atoms. The number of amides is 1. The number of carbonyl (C=O) groups is 1. The normalized spacial score (nSPS) is 15.1. The third-order valence-electron chi connectivity index (χ3n) is 6.27. The Balaban J connectivity index is 1.57. The number of benzene rings is 2. The van der Waals surface area contributed by atoms with Gasteiger partial charge >= 0.3 is 0 Å². The van der Waals surface area contributed by atoms with E-state index in [1.54, 1.807) is 0 Å². The topological polar surface area (TPSA) is 63.1 Å². The Morgan fingerprint density at radius 1 is 1.12 bits per heavy atom. The van der Waals surface area contributed by atoms with Crippen LogP contribution in [0.2, 0.25) is 5.02 Å². The largest absolute Gasteiger partial charge is 0.353 e. The maximum absolute atomic E-state index is 12.8. The Kier molecular flexibility index (Phi) is 8.29. The molecule has 1 aromatic heterocycles. The van der Waals surface area contributed by atoms with Crippen molar-refractivity contribution in [2.45, 2.75) is 50.7 Å². The highest BCUT2D eigenvalue weighted by atomic mass is 35.5. The molecular formula is C26H32ClN5OS. The van der Waals surface area contributed by atoms with Crippen LogP contribution in [0.15, 0.2) is 53.7 Å². The molecule has 2 aromatic carbocycles. The summed E-state index contributed by atoms with van der Waals surface area (Å²) in [6.07, 6.45) is 2.01. The van der Waals surface area contributed by atoms with Crippen LogP contribution in [0.1, 0.15) is 45.1 Å². The summed E-state index contributed by atoms with van der Waals surface area (Å²) in [5.74, 6) is 1.41. The quantitative estimate of drug-likeness (QED) is 0.422. The van der Waals surface area contributed by atoms with Crippen molar-refractivity contribution in [2.75, 3.05) is 25.4 Å². The maximum atomic E-state index is 12.8. The zero-order valence-electron chi connectivity index (χ0n) is 20.0.